The molecule has 0 saturated carbocycles. The molecule has 0 aliphatic carbocycles. The van der Waals surface area contributed by atoms with Gasteiger partial charge in [-0.1, -0.05) is 0 Å². The third-order valence-corrected chi connectivity index (χ3v) is 2.13. The minimum Gasteiger partial charge on any atom is -0.387 e. The van der Waals surface area contributed by atoms with Crippen LogP contribution < -0.4 is 0 Å². The summed E-state index contributed by atoms with van der Waals surface area (Å²) < 4.78 is 5.01. The fraction of sp³-hybridized carbons (Fsp3) is 1.00. The van der Waals surface area contributed by atoms with Gasteiger partial charge in [0.1, 0.15) is 0 Å². The fourth-order valence-corrected chi connectivity index (χ4v) is 1.07. The molecule has 1 fully saturated rings. The molecule has 1 aliphatic heterocycles. The number of hydrogen-bond donors (Lipinski definition) is 2. The molecule has 1 aliphatic rings. The Balaban J connectivity index is 2.52. The molecule has 1 rings (SSSR count). The van der Waals surface area contributed by atoms with Crippen LogP contribution >= 0.6 is 0 Å². The van der Waals surface area contributed by atoms with Crippen LogP contribution in [0.3, 0.4) is 0 Å². The van der Waals surface area contributed by atoms with E-state index in [1.165, 1.54) is 0 Å². The zero-order valence-corrected chi connectivity index (χ0v) is 6.37. The maximum atomic E-state index is 9.52. The van der Waals surface area contributed by atoms with Gasteiger partial charge in [-0.25, -0.2) is 0 Å². The lowest BCUT2D eigenvalue weighted by Crippen LogP contribution is -2.46. The highest BCUT2D eigenvalue weighted by atomic mass is 16.6. The smallest absolute Gasteiger partial charge is 0.155 e. The van der Waals surface area contributed by atoms with Crippen molar-refractivity contribution in [3.8, 4) is 0 Å². The lowest BCUT2D eigenvalue weighted by molar-refractivity contribution is -0.224. The summed E-state index contributed by atoms with van der Waals surface area (Å²) in [6, 6.07) is 0. The van der Waals surface area contributed by atoms with Gasteiger partial charge in [0.15, 0.2) is 6.29 Å². The average Bonchev–Trinajstić information content (AvgIpc) is 1.81. The minimum atomic E-state index is -0.765. The molecule has 0 aromatic rings. The summed E-state index contributed by atoms with van der Waals surface area (Å²) in [5, 5.41) is 18.5. The van der Waals surface area contributed by atoms with Gasteiger partial charge in [-0.2, -0.15) is 0 Å². The van der Waals surface area contributed by atoms with Crippen LogP contribution in [-0.4, -0.2) is 28.2 Å². The molecule has 2 N–H and O–H groups in total. The van der Waals surface area contributed by atoms with Crippen molar-refractivity contribution in [2.24, 2.45) is 0 Å². The molecular weight excluding hydrogens is 132 g/mol. The van der Waals surface area contributed by atoms with Crippen LogP contribution in [0.5, 0.6) is 0 Å². The van der Waals surface area contributed by atoms with Crippen molar-refractivity contribution in [2.75, 3.05) is 0 Å². The van der Waals surface area contributed by atoms with E-state index in [1.54, 1.807) is 13.8 Å². The van der Waals surface area contributed by atoms with Gasteiger partial charge in [0, 0.05) is 6.42 Å². The summed E-state index contributed by atoms with van der Waals surface area (Å²) in [6.45, 7) is 3.49. The van der Waals surface area contributed by atoms with Crippen LogP contribution in [0.2, 0.25) is 0 Å². The summed E-state index contributed by atoms with van der Waals surface area (Å²) in [5.74, 6) is 0. The molecule has 0 radical (unpaired) electrons. The first-order chi connectivity index (χ1) is 4.52. The molecule has 3 nitrogen and oxygen atoms in total. The first-order valence-corrected chi connectivity index (χ1v) is 3.58. The number of rotatable bonds is 0. The Morgan fingerprint density at radius 2 is 2.20 bits per heavy atom. The Labute approximate surface area is 60.6 Å². The first kappa shape index (κ1) is 7.98. The van der Waals surface area contributed by atoms with Crippen LogP contribution in [0.25, 0.3) is 0 Å². The molecule has 10 heavy (non-hydrogen) atoms. The highest BCUT2D eigenvalue weighted by molar-refractivity contribution is 4.83. The highest BCUT2D eigenvalue weighted by Crippen LogP contribution is 2.26. The molecular formula is C7H14O3. The Bertz CT molecular complexity index is 122. The predicted molar refractivity (Wildman–Crippen MR) is 36.4 cm³/mol. The van der Waals surface area contributed by atoms with Crippen molar-refractivity contribution in [1.29, 1.82) is 0 Å². The molecule has 1 heterocycles. The van der Waals surface area contributed by atoms with Gasteiger partial charge in [-0.3, -0.25) is 0 Å². The summed E-state index contributed by atoms with van der Waals surface area (Å²) in [4.78, 5) is 0. The number of aliphatic hydroxyl groups is 2. The Kier molecular flexibility index (Phi) is 1.99. The van der Waals surface area contributed by atoms with E-state index in [9.17, 15) is 5.11 Å². The van der Waals surface area contributed by atoms with E-state index in [2.05, 4.69) is 0 Å². The average molecular weight is 146 g/mol. The number of hydrogen-bond acceptors (Lipinski definition) is 3. The van der Waals surface area contributed by atoms with Crippen molar-refractivity contribution in [1.82, 2.24) is 0 Å². The van der Waals surface area contributed by atoms with Gasteiger partial charge in [0.05, 0.1) is 11.7 Å². The summed E-state index contributed by atoms with van der Waals surface area (Å²) in [5.41, 5.74) is -0.765. The van der Waals surface area contributed by atoms with E-state index in [0.29, 0.717) is 12.8 Å². The lowest BCUT2D eigenvalue weighted by Gasteiger charge is -2.37. The molecule has 3 unspecified atom stereocenters. The minimum absolute atomic E-state index is 0.267. The summed E-state index contributed by atoms with van der Waals surface area (Å²) in [7, 11) is 0. The highest BCUT2D eigenvalue weighted by Gasteiger charge is 2.35. The van der Waals surface area contributed by atoms with E-state index in [0.717, 1.165) is 0 Å². The molecule has 0 aromatic carbocycles. The SMILES string of the molecule is CC1OC(O)CCC1(C)O. The van der Waals surface area contributed by atoms with Gasteiger partial charge >= 0.3 is 0 Å². The van der Waals surface area contributed by atoms with Gasteiger partial charge in [-0.15, -0.1) is 0 Å². The van der Waals surface area contributed by atoms with Crippen molar-refractivity contribution >= 4 is 0 Å². The van der Waals surface area contributed by atoms with Crippen molar-refractivity contribution < 1.29 is 14.9 Å². The molecule has 0 spiro atoms. The van der Waals surface area contributed by atoms with Crippen molar-refractivity contribution in [3.05, 3.63) is 0 Å². The molecule has 3 atom stereocenters. The zero-order valence-electron chi connectivity index (χ0n) is 6.37. The van der Waals surface area contributed by atoms with E-state index in [1.807, 2.05) is 0 Å². The molecule has 0 amide bonds. The van der Waals surface area contributed by atoms with Crippen LogP contribution in [0.15, 0.2) is 0 Å². The van der Waals surface area contributed by atoms with Crippen LogP contribution in [0, 0.1) is 0 Å². The van der Waals surface area contributed by atoms with Gasteiger partial charge < -0.3 is 14.9 Å². The largest absolute Gasteiger partial charge is 0.387 e. The number of aliphatic hydroxyl groups excluding tert-OH is 1. The lowest BCUT2D eigenvalue weighted by atomic mass is 9.92. The normalized spacial score (nSPS) is 49.2. The van der Waals surface area contributed by atoms with Gasteiger partial charge in [0.2, 0.25) is 0 Å². The third kappa shape index (κ3) is 1.48. The van der Waals surface area contributed by atoms with Crippen molar-refractivity contribution in [3.63, 3.8) is 0 Å². The van der Waals surface area contributed by atoms with E-state index < -0.39 is 11.9 Å². The fourth-order valence-electron chi connectivity index (χ4n) is 1.07. The standard InChI is InChI=1S/C7H14O3/c1-5-7(2,9)4-3-6(8)10-5/h5-6,8-9H,3-4H2,1-2H3. The van der Waals surface area contributed by atoms with Gasteiger partial charge in [-0.05, 0) is 20.3 Å². The Hall–Kier alpha value is -0.120. The van der Waals surface area contributed by atoms with E-state index in [4.69, 9.17) is 9.84 Å². The van der Waals surface area contributed by atoms with Crippen LogP contribution in [0.1, 0.15) is 26.7 Å². The first-order valence-electron chi connectivity index (χ1n) is 3.58. The van der Waals surface area contributed by atoms with E-state index >= 15 is 0 Å². The number of ether oxygens (including phenoxy) is 1. The molecule has 0 aromatic heterocycles. The maximum Gasteiger partial charge on any atom is 0.155 e. The van der Waals surface area contributed by atoms with Crippen molar-refractivity contribution in [2.45, 2.75) is 44.7 Å². The third-order valence-electron chi connectivity index (χ3n) is 2.13. The quantitative estimate of drug-likeness (QED) is 0.515. The molecule has 1 saturated heterocycles. The molecule has 0 bridgehead atoms. The molecule has 60 valence electrons. The maximum absolute atomic E-state index is 9.52. The molecule has 3 heteroatoms. The second kappa shape index (κ2) is 2.49. The van der Waals surface area contributed by atoms with Crippen LogP contribution in [0.4, 0.5) is 0 Å². The van der Waals surface area contributed by atoms with E-state index in [-0.39, 0.29) is 6.10 Å². The summed E-state index contributed by atoms with van der Waals surface area (Å²) >= 11 is 0. The monoisotopic (exact) mass is 146 g/mol. The van der Waals surface area contributed by atoms with Crippen LogP contribution in [-0.2, 0) is 4.74 Å². The second-order valence-corrected chi connectivity index (χ2v) is 3.13. The predicted octanol–water partition coefficient (Wildman–Crippen LogP) is 0.255. The topological polar surface area (TPSA) is 49.7 Å². The Morgan fingerprint density at radius 1 is 1.60 bits per heavy atom. The Morgan fingerprint density at radius 3 is 2.60 bits per heavy atom. The zero-order chi connectivity index (χ0) is 7.78. The van der Waals surface area contributed by atoms with Gasteiger partial charge in [0.25, 0.3) is 0 Å². The summed E-state index contributed by atoms with van der Waals surface area (Å²) in [6.07, 6.45) is 0.179. The second-order valence-electron chi connectivity index (χ2n) is 3.13.